The van der Waals surface area contributed by atoms with Crippen LogP contribution in [0.25, 0.3) is 0 Å². The van der Waals surface area contributed by atoms with Gasteiger partial charge in [0.1, 0.15) is 12.6 Å². The minimum atomic E-state index is -3.67. The number of carbonyl (C=O) groups is 1. The monoisotopic (exact) mass is 366 g/mol. The van der Waals surface area contributed by atoms with Crippen molar-refractivity contribution in [3.63, 3.8) is 0 Å². The summed E-state index contributed by atoms with van der Waals surface area (Å²) in [5.41, 5.74) is 0. The van der Waals surface area contributed by atoms with Crippen molar-refractivity contribution in [1.29, 1.82) is 0 Å². The van der Waals surface area contributed by atoms with Crippen molar-refractivity contribution in [3.05, 3.63) is 0 Å². The maximum atomic E-state index is 12.1. The zero-order valence-electron chi connectivity index (χ0n) is 15.8. The van der Waals surface area contributed by atoms with Crippen LogP contribution in [0.3, 0.4) is 0 Å². The van der Waals surface area contributed by atoms with E-state index in [1.807, 2.05) is 21.1 Å². The van der Waals surface area contributed by atoms with Crippen LogP contribution in [-0.4, -0.2) is 63.5 Å². The third kappa shape index (κ3) is 14.9. The molecule has 0 rings (SSSR count). The summed E-state index contributed by atoms with van der Waals surface area (Å²) in [4.78, 5) is 10.9. The maximum absolute atomic E-state index is 12.1. The Morgan fingerprint density at radius 3 is 1.96 bits per heavy atom. The molecule has 0 aliphatic heterocycles. The van der Waals surface area contributed by atoms with Crippen LogP contribution in [-0.2, 0) is 19.1 Å². The van der Waals surface area contributed by atoms with Crippen LogP contribution in [0.2, 0.25) is 0 Å². The second-order valence-electron chi connectivity index (χ2n) is 7.53. The van der Waals surface area contributed by atoms with Gasteiger partial charge in [0.15, 0.2) is 0 Å². The van der Waals surface area contributed by atoms with E-state index in [1.165, 1.54) is 25.7 Å². The van der Waals surface area contributed by atoms with E-state index in [4.69, 9.17) is 9.29 Å². The fourth-order valence-corrected chi connectivity index (χ4v) is 3.80. The molecule has 0 saturated carbocycles. The van der Waals surface area contributed by atoms with Gasteiger partial charge < -0.3 is 9.59 Å². The van der Waals surface area contributed by atoms with Gasteiger partial charge >= 0.3 is 5.97 Å². The summed E-state index contributed by atoms with van der Waals surface area (Å²) in [6, 6.07) is 0. The third-order valence-electron chi connectivity index (χ3n) is 3.68. The van der Waals surface area contributed by atoms with Crippen LogP contribution in [0.15, 0.2) is 0 Å². The Hall–Kier alpha value is -0.660. The van der Waals surface area contributed by atoms with Crippen LogP contribution in [0.4, 0.5) is 0 Å². The van der Waals surface area contributed by atoms with E-state index in [1.54, 1.807) is 0 Å². The number of quaternary nitrogens is 1. The lowest BCUT2D eigenvalue weighted by Gasteiger charge is -2.28. The number of carboxylic acid groups (broad SMARTS) is 1. The maximum Gasteiger partial charge on any atom is 0.306 e. The number of hydrogen-bond acceptors (Lipinski definition) is 4. The summed E-state index contributed by atoms with van der Waals surface area (Å²) in [6.45, 7) is 2.52. The number of unbranched alkanes of at least 4 members (excludes halogenated alkanes) is 7. The third-order valence-corrected chi connectivity index (χ3v) is 5.04. The molecule has 7 heteroatoms. The van der Waals surface area contributed by atoms with E-state index in [0.29, 0.717) is 17.4 Å². The van der Waals surface area contributed by atoms with Gasteiger partial charge in [-0.05, 0) is 6.42 Å². The molecule has 0 unspecified atom stereocenters. The number of hydrogen-bond donors (Lipinski definition) is 1. The molecule has 0 fully saturated rings. The molecule has 0 bridgehead atoms. The molecule has 1 N–H and O–H groups in total. The van der Waals surface area contributed by atoms with Crippen molar-refractivity contribution in [2.24, 2.45) is 0 Å². The summed E-state index contributed by atoms with van der Waals surface area (Å²) in [5, 5.41) is 8.93. The quantitative estimate of drug-likeness (QED) is 0.274. The molecule has 0 radical (unpaired) electrons. The van der Waals surface area contributed by atoms with E-state index in [9.17, 15) is 13.2 Å². The summed E-state index contributed by atoms with van der Waals surface area (Å²) in [5.74, 6) is -1.08. The number of carboxylic acids is 1. The van der Waals surface area contributed by atoms with Gasteiger partial charge in [0.25, 0.3) is 10.1 Å². The Kier molecular flexibility index (Phi) is 11.5. The molecule has 0 aromatic heterocycles. The molecular weight excluding hydrogens is 330 g/mol. The molecule has 0 heterocycles. The highest BCUT2D eigenvalue weighted by atomic mass is 32.2. The van der Waals surface area contributed by atoms with Crippen molar-refractivity contribution in [2.45, 2.75) is 70.8 Å². The second kappa shape index (κ2) is 11.8. The Bertz CT molecular complexity index is 442. The zero-order valence-corrected chi connectivity index (χ0v) is 16.6. The van der Waals surface area contributed by atoms with Crippen molar-refractivity contribution < 1.29 is 27.0 Å². The summed E-state index contributed by atoms with van der Waals surface area (Å²) in [6.07, 6.45) is 7.45. The highest BCUT2D eigenvalue weighted by molar-refractivity contribution is 7.86. The Morgan fingerprint density at radius 2 is 1.50 bits per heavy atom. The van der Waals surface area contributed by atoms with E-state index in [-0.39, 0.29) is 12.2 Å². The fraction of sp³-hybridized carbons (Fsp3) is 0.941. The van der Waals surface area contributed by atoms with Crippen LogP contribution in [0, 0.1) is 0 Å². The molecule has 0 aliphatic rings. The number of likely N-dealkylation sites (N-methyl/N-ethyl adjacent to an activating group) is 1. The molecule has 24 heavy (non-hydrogen) atoms. The van der Waals surface area contributed by atoms with Gasteiger partial charge in [-0.3, -0.25) is 8.98 Å². The van der Waals surface area contributed by atoms with Gasteiger partial charge in [-0.2, -0.15) is 8.42 Å². The Balaban J connectivity index is 4.16. The van der Waals surface area contributed by atoms with Crippen LogP contribution >= 0.6 is 0 Å². The molecule has 0 aromatic carbocycles. The molecule has 1 atom stereocenters. The first kappa shape index (κ1) is 23.3. The molecule has 0 aromatic rings. The van der Waals surface area contributed by atoms with E-state index >= 15 is 0 Å². The number of rotatable bonds is 15. The standard InChI is InChI=1S/C17H35NO5S/c1-5-6-7-8-9-10-11-12-13-24(21,22)23-16(14-17(19)20)15-18(2,3)4/h16H,5-15H2,1-4H3/p+1/t16-/m1/s1. The summed E-state index contributed by atoms with van der Waals surface area (Å²) in [7, 11) is 1.96. The zero-order chi connectivity index (χ0) is 18.6. The average molecular weight is 367 g/mol. The van der Waals surface area contributed by atoms with Gasteiger partial charge in [0, 0.05) is 0 Å². The van der Waals surface area contributed by atoms with Gasteiger partial charge in [-0.15, -0.1) is 0 Å². The largest absolute Gasteiger partial charge is 0.481 e. The van der Waals surface area contributed by atoms with E-state index in [0.717, 1.165) is 19.3 Å². The molecule has 0 spiro atoms. The smallest absolute Gasteiger partial charge is 0.306 e. The normalized spacial score (nSPS) is 13.8. The van der Waals surface area contributed by atoms with Gasteiger partial charge in [0.05, 0.1) is 33.3 Å². The van der Waals surface area contributed by atoms with Gasteiger partial charge in [0.2, 0.25) is 0 Å². The van der Waals surface area contributed by atoms with Crippen LogP contribution in [0.1, 0.15) is 64.7 Å². The van der Waals surface area contributed by atoms with Crippen molar-refractivity contribution in [2.75, 3.05) is 33.4 Å². The minimum Gasteiger partial charge on any atom is -0.481 e. The first-order valence-corrected chi connectivity index (χ1v) is 10.6. The number of aliphatic carboxylic acids is 1. The molecular formula is C17H36NO5S+. The lowest BCUT2D eigenvalue weighted by atomic mass is 10.1. The molecule has 6 nitrogen and oxygen atoms in total. The van der Waals surface area contributed by atoms with Crippen LogP contribution < -0.4 is 0 Å². The lowest BCUT2D eigenvalue weighted by Crippen LogP contribution is -2.44. The van der Waals surface area contributed by atoms with Gasteiger partial charge in [-0.25, -0.2) is 0 Å². The Labute approximate surface area is 147 Å². The van der Waals surface area contributed by atoms with Crippen molar-refractivity contribution >= 4 is 16.1 Å². The molecule has 144 valence electrons. The van der Waals surface area contributed by atoms with E-state index in [2.05, 4.69) is 6.92 Å². The van der Waals surface area contributed by atoms with E-state index < -0.39 is 22.2 Å². The predicted octanol–water partition coefficient (Wildman–Crippen LogP) is 3.02. The molecule has 0 aliphatic carbocycles. The number of nitrogens with zero attached hydrogens (tertiary/aromatic N) is 1. The van der Waals surface area contributed by atoms with Gasteiger partial charge in [-0.1, -0.05) is 51.9 Å². The summed E-state index contributed by atoms with van der Waals surface area (Å²) >= 11 is 0. The lowest BCUT2D eigenvalue weighted by molar-refractivity contribution is -0.873. The van der Waals surface area contributed by atoms with Crippen molar-refractivity contribution in [3.8, 4) is 0 Å². The SMILES string of the molecule is CCCCCCCCCCS(=O)(=O)O[C@H](CC(=O)O)C[N+](C)(C)C. The highest BCUT2D eigenvalue weighted by Crippen LogP contribution is 2.13. The summed E-state index contributed by atoms with van der Waals surface area (Å²) < 4.78 is 29.7. The fourth-order valence-electron chi connectivity index (χ4n) is 2.60. The predicted molar refractivity (Wildman–Crippen MR) is 96.4 cm³/mol. The first-order chi connectivity index (χ1) is 11.1. The first-order valence-electron chi connectivity index (χ1n) is 8.99. The molecule has 0 saturated heterocycles. The Morgan fingerprint density at radius 1 is 1.00 bits per heavy atom. The second-order valence-corrected chi connectivity index (χ2v) is 9.24. The average Bonchev–Trinajstić information content (AvgIpc) is 2.38. The molecule has 0 amide bonds. The van der Waals surface area contributed by atoms with Crippen LogP contribution in [0.5, 0.6) is 0 Å². The highest BCUT2D eigenvalue weighted by Gasteiger charge is 2.27. The minimum absolute atomic E-state index is 0.0325. The topological polar surface area (TPSA) is 80.7 Å². The van der Waals surface area contributed by atoms with Crippen molar-refractivity contribution in [1.82, 2.24) is 0 Å².